The second-order valence-corrected chi connectivity index (χ2v) is 8.19. The van der Waals surface area contributed by atoms with E-state index in [9.17, 15) is 9.59 Å². The molecule has 0 fully saturated rings. The van der Waals surface area contributed by atoms with Crippen molar-refractivity contribution in [3.8, 4) is 0 Å². The summed E-state index contributed by atoms with van der Waals surface area (Å²) in [5, 5.41) is 7.34. The first kappa shape index (κ1) is 21.6. The molecule has 6 nitrogen and oxygen atoms in total. The van der Waals surface area contributed by atoms with E-state index in [0.717, 1.165) is 46.6 Å². The van der Waals surface area contributed by atoms with Gasteiger partial charge in [-0.15, -0.1) is 0 Å². The molecule has 2 aromatic carbocycles. The number of aryl methyl sites for hydroxylation is 3. The van der Waals surface area contributed by atoms with E-state index < -0.39 is 0 Å². The molecular weight excluding hydrogens is 402 g/mol. The molecule has 0 saturated heterocycles. The summed E-state index contributed by atoms with van der Waals surface area (Å²) in [5.74, 6) is 0.556. The van der Waals surface area contributed by atoms with Crippen LogP contribution in [0.2, 0.25) is 0 Å². The number of nitrogens with one attached hydrogen (secondary N) is 2. The first-order valence-corrected chi connectivity index (χ1v) is 10.8. The van der Waals surface area contributed by atoms with Gasteiger partial charge < -0.3 is 9.73 Å². The number of fused-ring (bicyclic) bond motifs is 1. The predicted octanol–water partition coefficient (Wildman–Crippen LogP) is 4.61. The second kappa shape index (κ2) is 9.22. The molecule has 0 radical (unpaired) electrons. The number of hydrogen-bond donors (Lipinski definition) is 2. The monoisotopic (exact) mass is 429 g/mol. The van der Waals surface area contributed by atoms with Crippen LogP contribution in [0, 0.1) is 20.8 Å². The first-order chi connectivity index (χ1) is 15.4. The van der Waals surface area contributed by atoms with Crippen molar-refractivity contribution in [3.63, 3.8) is 0 Å². The summed E-state index contributed by atoms with van der Waals surface area (Å²) in [4.78, 5) is 25.4. The van der Waals surface area contributed by atoms with Crippen molar-refractivity contribution in [2.75, 3.05) is 0 Å². The van der Waals surface area contributed by atoms with E-state index in [4.69, 9.17) is 4.42 Å². The number of rotatable bonds is 5. The Morgan fingerprint density at radius 3 is 2.47 bits per heavy atom. The largest absolute Gasteiger partial charge is 0.455 e. The van der Waals surface area contributed by atoms with E-state index in [1.54, 1.807) is 6.07 Å². The lowest BCUT2D eigenvalue weighted by molar-refractivity contribution is 0.0919. The van der Waals surface area contributed by atoms with Crippen LogP contribution in [0.5, 0.6) is 0 Å². The lowest BCUT2D eigenvalue weighted by Gasteiger charge is -2.13. The summed E-state index contributed by atoms with van der Waals surface area (Å²) < 4.78 is 5.94. The average Bonchev–Trinajstić information content (AvgIpc) is 3.14. The Morgan fingerprint density at radius 2 is 1.72 bits per heavy atom. The van der Waals surface area contributed by atoms with Crippen LogP contribution >= 0.6 is 0 Å². The maximum Gasteiger partial charge on any atom is 0.287 e. The fourth-order valence-corrected chi connectivity index (χ4v) is 3.97. The molecule has 0 aliphatic heterocycles. The normalized spacial score (nSPS) is 14.2. The van der Waals surface area contributed by atoms with Gasteiger partial charge in [0.2, 0.25) is 0 Å². The van der Waals surface area contributed by atoms with E-state index in [1.807, 2.05) is 63.2 Å². The van der Waals surface area contributed by atoms with E-state index in [-0.39, 0.29) is 11.8 Å². The molecule has 4 rings (SSSR count). The molecule has 0 atom stereocenters. The van der Waals surface area contributed by atoms with E-state index >= 15 is 0 Å². The van der Waals surface area contributed by atoms with Crippen molar-refractivity contribution in [2.24, 2.45) is 5.10 Å². The number of carbonyl (C=O) groups excluding carboxylic acids is 2. The average molecular weight is 430 g/mol. The third-order valence-electron chi connectivity index (χ3n) is 5.79. The highest BCUT2D eigenvalue weighted by Gasteiger charge is 2.28. The fraction of sp³-hybridized carbons (Fsp3) is 0.269. The molecule has 0 bridgehead atoms. The van der Waals surface area contributed by atoms with Gasteiger partial charge in [0, 0.05) is 29.7 Å². The minimum absolute atomic E-state index is 0.249. The Labute approximate surface area is 187 Å². The number of furan rings is 1. The topological polar surface area (TPSA) is 83.7 Å². The van der Waals surface area contributed by atoms with Crippen LogP contribution in [0.4, 0.5) is 0 Å². The number of benzene rings is 2. The molecule has 164 valence electrons. The van der Waals surface area contributed by atoms with Crippen molar-refractivity contribution < 1.29 is 14.0 Å². The van der Waals surface area contributed by atoms with Gasteiger partial charge in [0.1, 0.15) is 5.76 Å². The molecule has 3 aromatic rings. The Hall–Kier alpha value is -3.67. The molecule has 1 heterocycles. The minimum atomic E-state index is -0.250. The Morgan fingerprint density at radius 1 is 0.969 bits per heavy atom. The van der Waals surface area contributed by atoms with E-state index in [0.29, 0.717) is 24.3 Å². The zero-order valence-electron chi connectivity index (χ0n) is 18.6. The van der Waals surface area contributed by atoms with Crippen molar-refractivity contribution in [3.05, 3.63) is 93.4 Å². The Balaban J connectivity index is 1.51. The summed E-state index contributed by atoms with van der Waals surface area (Å²) in [5.41, 5.74) is 8.69. The van der Waals surface area contributed by atoms with Crippen LogP contribution in [0.25, 0.3) is 0 Å². The quantitative estimate of drug-likeness (QED) is 0.581. The number of hydrogen-bond acceptors (Lipinski definition) is 4. The second-order valence-electron chi connectivity index (χ2n) is 8.19. The highest BCUT2D eigenvalue weighted by Crippen LogP contribution is 2.30. The van der Waals surface area contributed by atoms with Crippen LogP contribution in [0.15, 0.2) is 58.0 Å². The number of hydrazone groups is 1. The van der Waals surface area contributed by atoms with Gasteiger partial charge in [0.25, 0.3) is 11.8 Å². The first-order valence-electron chi connectivity index (χ1n) is 10.8. The summed E-state index contributed by atoms with van der Waals surface area (Å²) >= 11 is 0. The van der Waals surface area contributed by atoms with Crippen LogP contribution in [-0.4, -0.2) is 17.5 Å². The summed E-state index contributed by atoms with van der Waals surface area (Å²) in [6.07, 6.45) is 2.31. The highest BCUT2D eigenvalue weighted by molar-refractivity contribution is 6.07. The standard InChI is InChI=1S/C26H27N3O3/c1-16-11-13-19(14-12-16)15-27-26(31)24-18(3)23-21(9-6-10-22(23)32-24)28-29-25(30)20-8-5-4-7-17(20)2/h4-5,7-8,11-14H,6,9-10,15H2,1-3H3,(H,27,31)(H,29,30)/b28-21+. The van der Waals surface area contributed by atoms with Gasteiger partial charge in [-0.2, -0.15) is 5.10 Å². The number of nitrogens with zero attached hydrogens (tertiary/aromatic N) is 1. The van der Waals surface area contributed by atoms with E-state index in [1.165, 1.54) is 5.56 Å². The third kappa shape index (κ3) is 4.49. The Bertz CT molecular complexity index is 1190. The zero-order chi connectivity index (χ0) is 22.7. The number of carbonyl (C=O) groups is 2. The SMILES string of the molecule is Cc1ccc(CNC(=O)c2oc3c(c2C)/C(=N/NC(=O)c2ccccc2C)CCC3)cc1. The smallest absolute Gasteiger partial charge is 0.287 e. The molecule has 6 heteroatoms. The summed E-state index contributed by atoms with van der Waals surface area (Å²) in [7, 11) is 0. The van der Waals surface area contributed by atoms with Gasteiger partial charge >= 0.3 is 0 Å². The molecular formula is C26H27N3O3. The zero-order valence-corrected chi connectivity index (χ0v) is 18.6. The van der Waals surface area contributed by atoms with Crippen molar-refractivity contribution in [1.29, 1.82) is 0 Å². The fourth-order valence-electron chi connectivity index (χ4n) is 3.97. The van der Waals surface area contributed by atoms with Crippen LogP contribution in [-0.2, 0) is 13.0 Å². The molecule has 1 aliphatic rings. The van der Waals surface area contributed by atoms with Gasteiger partial charge in [-0.25, -0.2) is 5.43 Å². The Kier molecular flexibility index (Phi) is 6.21. The molecule has 2 N–H and O–H groups in total. The minimum Gasteiger partial charge on any atom is -0.455 e. The van der Waals surface area contributed by atoms with Gasteiger partial charge in [-0.05, 0) is 50.8 Å². The third-order valence-corrected chi connectivity index (χ3v) is 5.79. The van der Waals surface area contributed by atoms with Gasteiger partial charge in [-0.3, -0.25) is 9.59 Å². The van der Waals surface area contributed by atoms with Gasteiger partial charge in [-0.1, -0.05) is 48.0 Å². The number of amides is 2. The van der Waals surface area contributed by atoms with Crippen molar-refractivity contribution >= 4 is 17.5 Å². The molecule has 0 saturated carbocycles. The lowest BCUT2D eigenvalue weighted by Crippen LogP contribution is -2.24. The molecule has 0 unspecified atom stereocenters. The van der Waals surface area contributed by atoms with Crippen molar-refractivity contribution in [2.45, 2.75) is 46.6 Å². The van der Waals surface area contributed by atoms with Crippen LogP contribution in [0.3, 0.4) is 0 Å². The lowest BCUT2D eigenvalue weighted by atomic mass is 9.93. The molecule has 2 amide bonds. The van der Waals surface area contributed by atoms with Crippen molar-refractivity contribution in [1.82, 2.24) is 10.7 Å². The molecule has 1 aliphatic carbocycles. The van der Waals surface area contributed by atoms with Crippen LogP contribution in [0.1, 0.15) is 67.3 Å². The van der Waals surface area contributed by atoms with E-state index in [2.05, 4.69) is 15.8 Å². The molecule has 1 aromatic heterocycles. The highest BCUT2D eigenvalue weighted by atomic mass is 16.4. The predicted molar refractivity (Wildman–Crippen MR) is 124 cm³/mol. The summed E-state index contributed by atoms with van der Waals surface area (Å²) in [6, 6.07) is 15.4. The maximum absolute atomic E-state index is 12.8. The van der Waals surface area contributed by atoms with Gasteiger partial charge in [0.15, 0.2) is 5.76 Å². The molecule has 0 spiro atoms. The van der Waals surface area contributed by atoms with Crippen LogP contribution < -0.4 is 10.7 Å². The summed E-state index contributed by atoms with van der Waals surface area (Å²) in [6.45, 7) is 6.22. The maximum atomic E-state index is 12.8. The molecule has 32 heavy (non-hydrogen) atoms. The van der Waals surface area contributed by atoms with Gasteiger partial charge in [0.05, 0.1) is 5.71 Å².